The summed E-state index contributed by atoms with van der Waals surface area (Å²) < 4.78 is 5.02. The van der Waals surface area contributed by atoms with Gasteiger partial charge in [0.25, 0.3) is 5.91 Å². The number of primary amides is 1. The lowest BCUT2D eigenvalue weighted by Gasteiger charge is -2.22. The fourth-order valence-corrected chi connectivity index (χ4v) is 2.02. The molecule has 0 unspecified atom stereocenters. The second-order valence-corrected chi connectivity index (χ2v) is 4.74. The van der Waals surface area contributed by atoms with Crippen molar-refractivity contribution in [1.29, 1.82) is 0 Å². The topological polar surface area (TPSA) is 72.6 Å². The predicted molar refractivity (Wildman–Crippen MR) is 77.8 cm³/mol. The summed E-state index contributed by atoms with van der Waals surface area (Å²) in [7, 11) is 1.60. The number of benzene rings is 1. The molecule has 0 saturated heterocycles. The third kappa shape index (κ3) is 4.35. The van der Waals surface area contributed by atoms with E-state index in [0.29, 0.717) is 30.8 Å². The molecule has 110 valence electrons. The Morgan fingerprint density at radius 1 is 1.20 bits per heavy atom. The number of aryl methyl sites for hydroxylation is 1. The van der Waals surface area contributed by atoms with E-state index in [1.54, 1.807) is 30.2 Å². The molecule has 0 heterocycles. The minimum Gasteiger partial charge on any atom is -0.383 e. The van der Waals surface area contributed by atoms with Crippen molar-refractivity contribution in [2.75, 3.05) is 26.8 Å². The van der Waals surface area contributed by atoms with Gasteiger partial charge in [0.1, 0.15) is 0 Å². The van der Waals surface area contributed by atoms with Gasteiger partial charge in [-0.3, -0.25) is 9.59 Å². The highest BCUT2D eigenvalue weighted by atomic mass is 16.5. The number of carbonyl (C=O) groups is 2. The van der Waals surface area contributed by atoms with Crippen LogP contribution in [0.15, 0.2) is 18.2 Å². The molecule has 1 aromatic rings. The van der Waals surface area contributed by atoms with Gasteiger partial charge in [-0.05, 0) is 37.1 Å². The Morgan fingerprint density at radius 2 is 1.85 bits per heavy atom. The molecule has 1 aromatic carbocycles. The molecule has 1 rings (SSSR count). The number of ether oxygens (including phenoxy) is 1. The maximum Gasteiger partial charge on any atom is 0.253 e. The van der Waals surface area contributed by atoms with Gasteiger partial charge in [0.15, 0.2) is 0 Å². The van der Waals surface area contributed by atoms with E-state index in [2.05, 4.69) is 0 Å². The van der Waals surface area contributed by atoms with Crippen molar-refractivity contribution >= 4 is 11.8 Å². The molecule has 20 heavy (non-hydrogen) atoms. The number of hydrogen-bond acceptors (Lipinski definition) is 3. The van der Waals surface area contributed by atoms with Crippen molar-refractivity contribution in [3.63, 3.8) is 0 Å². The Labute approximate surface area is 119 Å². The standard InChI is InChI=1S/C15H22N2O3/c1-4-5-17(6-7-20-3)15(19)13-9-11(2)8-12(10-13)14(16)18/h8-10H,4-7H2,1-3H3,(H2,16,18). The average molecular weight is 278 g/mol. The van der Waals surface area contributed by atoms with Crippen LogP contribution in [0.3, 0.4) is 0 Å². The maximum absolute atomic E-state index is 12.5. The molecule has 2 N–H and O–H groups in total. The third-order valence-electron chi connectivity index (χ3n) is 2.95. The molecular weight excluding hydrogens is 256 g/mol. The van der Waals surface area contributed by atoms with Gasteiger partial charge >= 0.3 is 0 Å². The molecule has 5 nitrogen and oxygen atoms in total. The number of amides is 2. The summed E-state index contributed by atoms with van der Waals surface area (Å²) in [6, 6.07) is 5.00. The predicted octanol–water partition coefficient (Wildman–Crippen LogP) is 1.59. The molecular formula is C15H22N2O3. The molecule has 0 aliphatic rings. The van der Waals surface area contributed by atoms with E-state index in [4.69, 9.17) is 10.5 Å². The van der Waals surface area contributed by atoms with Crippen molar-refractivity contribution in [3.8, 4) is 0 Å². The molecule has 0 aliphatic heterocycles. The average Bonchev–Trinajstić information content (AvgIpc) is 2.42. The van der Waals surface area contributed by atoms with Crippen LogP contribution < -0.4 is 5.73 Å². The normalized spacial score (nSPS) is 10.3. The van der Waals surface area contributed by atoms with E-state index in [1.807, 2.05) is 13.8 Å². The van der Waals surface area contributed by atoms with E-state index in [1.165, 1.54) is 0 Å². The fourth-order valence-electron chi connectivity index (χ4n) is 2.02. The van der Waals surface area contributed by atoms with E-state index in [9.17, 15) is 9.59 Å². The van der Waals surface area contributed by atoms with Crippen LogP contribution in [0.2, 0.25) is 0 Å². The van der Waals surface area contributed by atoms with Gasteiger partial charge in [-0.2, -0.15) is 0 Å². The van der Waals surface area contributed by atoms with Gasteiger partial charge in [0.2, 0.25) is 5.91 Å². The summed E-state index contributed by atoms with van der Waals surface area (Å²) in [6.45, 7) is 5.52. The molecule has 2 amide bonds. The molecule has 0 fully saturated rings. The van der Waals surface area contributed by atoms with Gasteiger partial charge in [-0.25, -0.2) is 0 Å². The Morgan fingerprint density at radius 3 is 2.40 bits per heavy atom. The Hall–Kier alpha value is -1.88. The van der Waals surface area contributed by atoms with E-state index in [0.717, 1.165) is 12.0 Å². The van der Waals surface area contributed by atoms with Crippen LogP contribution in [0.4, 0.5) is 0 Å². The second-order valence-electron chi connectivity index (χ2n) is 4.74. The molecule has 0 spiro atoms. The largest absolute Gasteiger partial charge is 0.383 e. The van der Waals surface area contributed by atoms with Crippen molar-refractivity contribution in [2.24, 2.45) is 5.73 Å². The van der Waals surface area contributed by atoms with Crippen molar-refractivity contribution < 1.29 is 14.3 Å². The third-order valence-corrected chi connectivity index (χ3v) is 2.95. The monoisotopic (exact) mass is 278 g/mol. The highest BCUT2D eigenvalue weighted by Gasteiger charge is 2.16. The maximum atomic E-state index is 12.5. The van der Waals surface area contributed by atoms with Crippen LogP contribution in [0.5, 0.6) is 0 Å². The lowest BCUT2D eigenvalue weighted by molar-refractivity contribution is 0.0695. The summed E-state index contributed by atoms with van der Waals surface area (Å²) in [4.78, 5) is 25.5. The number of nitrogens with zero attached hydrogens (tertiary/aromatic N) is 1. The number of carbonyl (C=O) groups excluding carboxylic acids is 2. The van der Waals surface area contributed by atoms with Gasteiger partial charge in [0, 0.05) is 31.3 Å². The number of nitrogens with two attached hydrogens (primary N) is 1. The number of hydrogen-bond donors (Lipinski definition) is 1. The summed E-state index contributed by atoms with van der Waals surface area (Å²) in [6.07, 6.45) is 0.865. The van der Waals surface area contributed by atoms with Crippen LogP contribution in [-0.4, -0.2) is 43.5 Å². The van der Waals surface area contributed by atoms with Crippen molar-refractivity contribution in [2.45, 2.75) is 20.3 Å². The van der Waals surface area contributed by atoms with Crippen LogP contribution in [0.1, 0.15) is 39.6 Å². The minimum absolute atomic E-state index is 0.102. The molecule has 0 aromatic heterocycles. The first-order valence-electron chi connectivity index (χ1n) is 6.69. The fraction of sp³-hybridized carbons (Fsp3) is 0.467. The first-order chi connectivity index (χ1) is 9.49. The second kappa shape index (κ2) is 7.65. The van der Waals surface area contributed by atoms with Gasteiger partial charge in [-0.1, -0.05) is 6.92 Å². The lowest BCUT2D eigenvalue weighted by atomic mass is 10.0. The molecule has 0 saturated carbocycles. The summed E-state index contributed by atoms with van der Waals surface area (Å²) in [5, 5.41) is 0. The van der Waals surface area contributed by atoms with Gasteiger partial charge < -0.3 is 15.4 Å². The molecule has 0 radical (unpaired) electrons. The summed E-state index contributed by atoms with van der Waals surface area (Å²) in [5.74, 6) is -0.628. The van der Waals surface area contributed by atoms with Gasteiger partial charge in [-0.15, -0.1) is 0 Å². The van der Waals surface area contributed by atoms with E-state index in [-0.39, 0.29) is 5.91 Å². The zero-order valence-electron chi connectivity index (χ0n) is 12.3. The van der Waals surface area contributed by atoms with Crippen LogP contribution in [-0.2, 0) is 4.74 Å². The summed E-state index contributed by atoms with van der Waals surface area (Å²) in [5.41, 5.74) is 6.97. The van der Waals surface area contributed by atoms with E-state index < -0.39 is 5.91 Å². The molecule has 5 heteroatoms. The Balaban J connectivity index is 3.01. The smallest absolute Gasteiger partial charge is 0.253 e. The number of methoxy groups -OCH3 is 1. The minimum atomic E-state index is -0.526. The molecule has 0 bridgehead atoms. The Kier molecular flexibility index (Phi) is 6.18. The molecule has 0 aliphatic carbocycles. The summed E-state index contributed by atoms with van der Waals surface area (Å²) >= 11 is 0. The van der Waals surface area contributed by atoms with Crippen LogP contribution >= 0.6 is 0 Å². The van der Waals surface area contributed by atoms with Gasteiger partial charge in [0.05, 0.1) is 6.61 Å². The van der Waals surface area contributed by atoms with Crippen LogP contribution in [0, 0.1) is 6.92 Å². The van der Waals surface area contributed by atoms with Crippen molar-refractivity contribution in [1.82, 2.24) is 4.90 Å². The van der Waals surface area contributed by atoms with E-state index >= 15 is 0 Å². The zero-order valence-corrected chi connectivity index (χ0v) is 12.3. The highest BCUT2D eigenvalue weighted by Crippen LogP contribution is 2.12. The SMILES string of the molecule is CCCN(CCOC)C(=O)c1cc(C)cc(C(N)=O)c1. The van der Waals surface area contributed by atoms with Crippen molar-refractivity contribution in [3.05, 3.63) is 34.9 Å². The Bertz CT molecular complexity index is 486. The first-order valence-corrected chi connectivity index (χ1v) is 6.69. The number of rotatable bonds is 7. The lowest BCUT2D eigenvalue weighted by Crippen LogP contribution is -2.34. The first kappa shape index (κ1) is 16.2. The molecule has 0 atom stereocenters. The van der Waals surface area contributed by atoms with Crippen LogP contribution in [0.25, 0.3) is 0 Å². The zero-order chi connectivity index (χ0) is 15.1. The quantitative estimate of drug-likeness (QED) is 0.823. The highest BCUT2D eigenvalue weighted by molar-refractivity contribution is 5.99.